The molecule has 0 saturated heterocycles. The summed E-state index contributed by atoms with van der Waals surface area (Å²) in [5.41, 5.74) is 2.99. The number of rotatable bonds is 4. The van der Waals surface area contributed by atoms with E-state index in [1.807, 2.05) is 6.92 Å². The molecule has 2 bridgehead atoms. The zero-order chi connectivity index (χ0) is 11.8. The lowest BCUT2D eigenvalue weighted by atomic mass is 9.69. The molecule has 0 aromatic carbocycles. The molecule has 2 aliphatic rings. The van der Waals surface area contributed by atoms with Gasteiger partial charge < -0.3 is 5.11 Å². The summed E-state index contributed by atoms with van der Waals surface area (Å²) in [7, 11) is 0. The van der Waals surface area contributed by atoms with Gasteiger partial charge in [0.05, 0.1) is 6.61 Å². The van der Waals surface area contributed by atoms with Gasteiger partial charge in [-0.15, -0.1) is 0 Å². The maximum atomic E-state index is 8.96. The fourth-order valence-electron chi connectivity index (χ4n) is 3.65. The highest BCUT2D eigenvalue weighted by atomic mass is 16.3. The van der Waals surface area contributed by atoms with E-state index >= 15 is 0 Å². The summed E-state index contributed by atoms with van der Waals surface area (Å²) in [5.74, 6) is 1.70. The number of aliphatic hydroxyl groups is 1. The Hall–Kier alpha value is -0.560. The monoisotopic (exact) mass is 220 g/mol. The first-order valence-corrected chi connectivity index (χ1v) is 6.53. The average molecular weight is 220 g/mol. The van der Waals surface area contributed by atoms with Crippen molar-refractivity contribution < 1.29 is 5.11 Å². The molecular weight excluding hydrogens is 196 g/mol. The van der Waals surface area contributed by atoms with E-state index in [2.05, 4.69) is 19.6 Å². The lowest BCUT2D eigenvalue weighted by molar-refractivity contribution is 0.240. The van der Waals surface area contributed by atoms with Gasteiger partial charge in [-0.3, -0.25) is 0 Å². The van der Waals surface area contributed by atoms with Gasteiger partial charge in [-0.2, -0.15) is 0 Å². The predicted molar refractivity (Wildman–Crippen MR) is 68.2 cm³/mol. The lowest BCUT2D eigenvalue weighted by Gasteiger charge is -2.36. The van der Waals surface area contributed by atoms with Crippen LogP contribution in [-0.4, -0.2) is 11.7 Å². The van der Waals surface area contributed by atoms with Crippen LogP contribution >= 0.6 is 0 Å². The highest BCUT2D eigenvalue weighted by Gasteiger charge is 2.49. The largest absolute Gasteiger partial charge is 0.392 e. The van der Waals surface area contributed by atoms with E-state index in [9.17, 15) is 0 Å². The van der Waals surface area contributed by atoms with Crippen LogP contribution in [0.2, 0.25) is 0 Å². The topological polar surface area (TPSA) is 20.2 Å². The van der Waals surface area contributed by atoms with Gasteiger partial charge in [-0.05, 0) is 56.3 Å². The standard InChI is InChI=1S/C15H24O/c1-11(10-16)5-4-8-15(3)12(2)13-6-7-14(15)9-13/h5,13-14,16H,2,4,6-10H2,1,3H3/b11-5+/t13-,14+,15+/m0/s1. The van der Waals surface area contributed by atoms with Crippen molar-refractivity contribution in [3.63, 3.8) is 0 Å². The quantitative estimate of drug-likeness (QED) is 0.716. The van der Waals surface area contributed by atoms with Crippen LogP contribution in [-0.2, 0) is 0 Å². The molecule has 0 amide bonds. The van der Waals surface area contributed by atoms with Gasteiger partial charge in [0.1, 0.15) is 0 Å². The highest BCUT2D eigenvalue weighted by Crippen LogP contribution is 2.60. The van der Waals surface area contributed by atoms with E-state index in [0.717, 1.165) is 23.8 Å². The molecule has 90 valence electrons. The van der Waals surface area contributed by atoms with Crippen molar-refractivity contribution in [2.45, 2.75) is 46.0 Å². The maximum Gasteiger partial charge on any atom is 0.0639 e. The van der Waals surface area contributed by atoms with Crippen molar-refractivity contribution in [3.05, 3.63) is 23.8 Å². The third kappa shape index (κ3) is 1.86. The predicted octanol–water partition coefficient (Wildman–Crippen LogP) is 3.70. The number of aliphatic hydroxyl groups excluding tert-OH is 1. The summed E-state index contributed by atoms with van der Waals surface area (Å²) in [6.07, 6.45) is 8.66. The van der Waals surface area contributed by atoms with E-state index in [0.29, 0.717) is 5.41 Å². The fourth-order valence-corrected chi connectivity index (χ4v) is 3.65. The molecule has 3 atom stereocenters. The van der Waals surface area contributed by atoms with Crippen LogP contribution in [0.25, 0.3) is 0 Å². The fraction of sp³-hybridized carbons (Fsp3) is 0.733. The van der Waals surface area contributed by atoms with Crippen LogP contribution in [0, 0.1) is 17.3 Å². The first-order valence-electron chi connectivity index (χ1n) is 6.53. The SMILES string of the molecule is C=C1[C@H]2CC[C@H](C2)[C@]1(C)CC/C=C(\C)CO. The van der Waals surface area contributed by atoms with Crippen molar-refractivity contribution in [1.29, 1.82) is 0 Å². The summed E-state index contributed by atoms with van der Waals surface area (Å²) < 4.78 is 0. The van der Waals surface area contributed by atoms with Gasteiger partial charge in [0.15, 0.2) is 0 Å². The first kappa shape index (κ1) is 11.9. The third-order valence-electron chi connectivity index (χ3n) is 4.97. The minimum absolute atomic E-state index is 0.198. The van der Waals surface area contributed by atoms with Gasteiger partial charge in [0, 0.05) is 0 Å². The Labute approximate surface area is 99.3 Å². The summed E-state index contributed by atoms with van der Waals surface area (Å²) in [6.45, 7) is 8.94. The van der Waals surface area contributed by atoms with Crippen molar-refractivity contribution in [2.24, 2.45) is 17.3 Å². The van der Waals surface area contributed by atoms with Crippen molar-refractivity contribution >= 4 is 0 Å². The molecule has 1 N–H and O–H groups in total. The molecule has 0 radical (unpaired) electrons. The van der Waals surface area contributed by atoms with Gasteiger partial charge in [-0.1, -0.05) is 30.7 Å². The van der Waals surface area contributed by atoms with E-state index in [1.54, 1.807) is 0 Å². The zero-order valence-electron chi connectivity index (χ0n) is 10.6. The van der Waals surface area contributed by atoms with Crippen LogP contribution in [0.4, 0.5) is 0 Å². The zero-order valence-corrected chi connectivity index (χ0v) is 10.6. The Bertz CT molecular complexity index is 315. The molecule has 1 heteroatoms. The summed E-state index contributed by atoms with van der Waals surface area (Å²) in [5, 5.41) is 8.96. The first-order chi connectivity index (χ1) is 7.58. The summed E-state index contributed by atoms with van der Waals surface area (Å²) >= 11 is 0. The molecule has 0 unspecified atom stereocenters. The Kier molecular flexibility index (Phi) is 3.25. The molecule has 16 heavy (non-hydrogen) atoms. The van der Waals surface area contributed by atoms with Crippen LogP contribution in [0.3, 0.4) is 0 Å². The Morgan fingerprint density at radius 1 is 1.56 bits per heavy atom. The van der Waals surface area contributed by atoms with E-state index in [1.165, 1.54) is 31.3 Å². The van der Waals surface area contributed by atoms with E-state index < -0.39 is 0 Å². The molecular formula is C15H24O. The minimum Gasteiger partial charge on any atom is -0.392 e. The number of fused-ring (bicyclic) bond motifs is 2. The Morgan fingerprint density at radius 3 is 2.88 bits per heavy atom. The summed E-state index contributed by atoms with van der Waals surface area (Å²) in [4.78, 5) is 0. The molecule has 2 saturated carbocycles. The molecule has 2 aliphatic carbocycles. The van der Waals surface area contributed by atoms with Crippen molar-refractivity contribution in [2.75, 3.05) is 6.61 Å². The Morgan fingerprint density at radius 2 is 2.31 bits per heavy atom. The molecule has 0 heterocycles. The number of hydrogen-bond donors (Lipinski definition) is 1. The number of allylic oxidation sites excluding steroid dienone is 2. The molecule has 0 spiro atoms. The smallest absolute Gasteiger partial charge is 0.0639 e. The second-order valence-electron chi connectivity index (χ2n) is 5.90. The van der Waals surface area contributed by atoms with Gasteiger partial charge in [0.2, 0.25) is 0 Å². The molecule has 1 nitrogen and oxygen atoms in total. The van der Waals surface area contributed by atoms with Crippen LogP contribution in [0.15, 0.2) is 23.8 Å². The van der Waals surface area contributed by atoms with Crippen molar-refractivity contribution in [3.8, 4) is 0 Å². The second-order valence-corrected chi connectivity index (χ2v) is 5.90. The summed E-state index contributed by atoms with van der Waals surface area (Å²) in [6, 6.07) is 0. The molecule has 0 aromatic rings. The lowest BCUT2D eigenvalue weighted by Crippen LogP contribution is -2.26. The number of hydrogen-bond acceptors (Lipinski definition) is 1. The average Bonchev–Trinajstić information content (AvgIpc) is 2.83. The second kappa shape index (κ2) is 4.37. The molecule has 0 aliphatic heterocycles. The molecule has 0 aromatic heterocycles. The molecule has 2 fully saturated rings. The van der Waals surface area contributed by atoms with Crippen LogP contribution in [0.1, 0.15) is 46.0 Å². The van der Waals surface area contributed by atoms with Crippen LogP contribution in [0.5, 0.6) is 0 Å². The highest BCUT2D eigenvalue weighted by molar-refractivity contribution is 5.24. The van der Waals surface area contributed by atoms with E-state index in [4.69, 9.17) is 5.11 Å². The maximum absolute atomic E-state index is 8.96. The van der Waals surface area contributed by atoms with Gasteiger partial charge >= 0.3 is 0 Å². The third-order valence-corrected chi connectivity index (χ3v) is 4.97. The van der Waals surface area contributed by atoms with Crippen molar-refractivity contribution in [1.82, 2.24) is 0 Å². The Balaban J connectivity index is 1.96. The van der Waals surface area contributed by atoms with Crippen LogP contribution < -0.4 is 0 Å². The molecule has 2 rings (SSSR count). The van der Waals surface area contributed by atoms with E-state index in [-0.39, 0.29) is 6.61 Å². The van der Waals surface area contributed by atoms with Gasteiger partial charge in [0.25, 0.3) is 0 Å². The minimum atomic E-state index is 0.198. The van der Waals surface area contributed by atoms with Gasteiger partial charge in [-0.25, -0.2) is 0 Å². The normalized spacial score (nSPS) is 38.4.